The highest BCUT2D eigenvalue weighted by atomic mass is 32.2. The summed E-state index contributed by atoms with van der Waals surface area (Å²) in [4.78, 5) is 17.5. The quantitative estimate of drug-likeness (QED) is 0.633. The molecule has 0 saturated heterocycles. The number of hydrogen-bond donors (Lipinski definition) is 1. The van der Waals surface area contributed by atoms with Crippen LogP contribution in [0.4, 0.5) is 16.5 Å². The zero-order chi connectivity index (χ0) is 18.1. The van der Waals surface area contributed by atoms with E-state index < -0.39 is 0 Å². The van der Waals surface area contributed by atoms with E-state index in [4.69, 9.17) is 5.73 Å². The molecule has 0 fully saturated rings. The molecule has 8 heteroatoms. The normalized spacial score (nSPS) is 13.8. The van der Waals surface area contributed by atoms with Gasteiger partial charge in [-0.15, -0.1) is 10.2 Å². The second-order valence-electron chi connectivity index (χ2n) is 5.63. The van der Waals surface area contributed by atoms with Gasteiger partial charge in [-0.25, -0.2) is 0 Å². The van der Waals surface area contributed by atoms with Crippen molar-refractivity contribution < 1.29 is 4.79 Å². The maximum Gasteiger partial charge on any atom is 0.245 e. The number of benzene rings is 2. The van der Waals surface area contributed by atoms with E-state index in [1.54, 1.807) is 11.8 Å². The molecule has 1 aromatic heterocycles. The SMILES string of the molecule is CCC(Sc1nnc(N)s1)C(=O)N1c2ccccc2Sc2ccccc21. The minimum Gasteiger partial charge on any atom is -0.374 e. The van der Waals surface area contributed by atoms with Gasteiger partial charge in [0, 0.05) is 9.79 Å². The van der Waals surface area contributed by atoms with Crippen molar-refractivity contribution in [3.63, 3.8) is 0 Å². The summed E-state index contributed by atoms with van der Waals surface area (Å²) < 4.78 is 0.718. The summed E-state index contributed by atoms with van der Waals surface area (Å²) in [5.41, 5.74) is 7.53. The molecule has 1 amide bonds. The number of nitrogen functional groups attached to an aromatic ring is 1. The smallest absolute Gasteiger partial charge is 0.245 e. The molecule has 1 aliphatic rings. The van der Waals surface area contributed by atoms with Gasteiger partial charge in [-0.2, -0.15) is 0 Å². The molecule has 0 bridgehead atoms. The standard InChI is InChI=1S/C18H16N4OS3/c1-2-13(25-18-21-20-17(19)26-18)16(23)22-11-7-3-5-9-14(11)24-15-10-6-4-8-12(15)22/h3-10,13H,2H2,1H3,(H2,19,20). The zero-order valence-corrected chi connectivity index (χ0v) is 16.4. The van der Waals surface area contributed by atoms with E-state index in [0.717, 1.165) is 25.5 Å². The molecule has 3 aromatic rings. The first-order valence-corrected chi connectivity index (χ1v) is 10.6. The summed E-state index contributed by atoms with van der Waals surface area (Å²) in [7, 11) is 0. The topological polar surface area (TPSA) is 72.1 Å². The molecule has 0 saturated carbocycles. The number of para-hydroxylation sites is 2. The van der Waals surface area contributed by atoms with Gasteiger partial charge in [-0.05, 0) is 30.7 Å². The van der Waals surface area contributed by atoms with Crippen molar-refractivity contribution in [1.82, 2.24) is 10.2 Å². The van der Waals surface area contributed by atoms with Crippen molar-refractivity contribution >= 4 is 57.3 Å². The Morgan fingerprint density at radius 1 is 1.12 bits per heavy atom. The van der Waals surface area contributed by atoms with Crippen molar-refractivity contribution in [2.75, 3.05) is 10.6 Å². The number of rotatable bonds is 4. The van der Waals surface area contributed by atoms with E-state index in [0.29, 0.717) is 11.6 Å². The van der Waals surface area contributed by atoms with Crippen molar-refractivity contribution in [2.45, 2.75) is 32.7 Å². The molecule has 0 aliphatic carbocycles. The molecule has 1 atom stereocenters. The second kappa shape index (κ2) is 7.30. The minimum absolute atomic E-state index is 0.0477. The van der Waals surface area contributed by atoms with Gasteiger partial charge < -0.3 is 5.73 Å². The fourth-order valence-corrected chi connectivity index (χ4v) is 5.69. The van der Waals surface area contributed by atoms with Crippen LogP contribution in [0.1, 0.15) is 13.3 Å². The van der Waals surface area contributed by atoms with Crippen molar-refractivity contribution in [1.29, 1.82) is 0 Å². The third-order valence-electron chi connectivity index (χ3n) is 3.96. The Labute approximate surface area is 164 Å². The van der Waals surface area contributed by atoms with Crippen LogP contribution in [-0.2, 0) is 4.79 Å². The number of fused-ring (bicyclic) bond motifs is 2. The van der Waals surface area contributed by atoms with Gasteiger partial charge in [0.15, 0.2) is 4.34 Å². The van der Waals surface area contributed by atoms with E-state index >= 15 is 0 Å². The van der Waals surface area contributed by atoms with E-state index in [-0.39, 0.29) is 11.2 Å². The van der Waals surface area contributed by atoms with Gasteiger partial charge in [0.05, 0.1) is 16.6 Å². The monoisotopic (exact) mass is 400 g/mol. The Hall–Kier alpha value is -2.03. The number of nitrogens with zero attached hydrogens (tertiary/aromatic N) is 3. The van der Waals surface area contributed by atoms with Crippen molar-refractivity contribution in [3.8, 4) is 0 Å². The van der Waals surface area contributed by atoms with Crippen LogP contribution in [0.5, 0.6) is 0 Å². The van der Waals surface area contributed by atoms with Gasteiger partial charge in [0.1, 0.15) is 0 Å². The predicted octanol–water partition coefficient (Wildman–Crippen LogP) is 4.82. The fourth-order valence-electron chi connectivity index (χ4n) is 2.78. The highest BCUT2D eigenvalue weighted by molar-refractivity contribution is 8.02. The lowest BCUT2D eigenvalue weighted by Crippen LogP contribution is -2.35. The average Bonchev–Trinajstić information content (AvgIpc) is 3.08. The van der Waals surface area contributed by atoms with Crippen LogP contribution in [0.2, 0.25) is 0 Å². The first kappa shape index (κ1) is 17.4. The molecule has 1 unspecified atom stereocenters. The molecular formula is C18H16N4OS3. The van der Waals surface area contributed by atoms with Crippen LogP contribution in [0, 0.1) is 0 Å². The van der Waals surface area contributed by atoms with E-state index in [2.05, 4.69) is 22.3 Å². The number of thioether (sulfide) groups is 1. The average molecular weight is 401 g/mol. The summed E-state index contributed by atoms with van der Waals surface area (Å²) in [6.07, 6.45) is 0.691. The van der Waals surface area contributed by atoms with E-state index in [1.807, 2.05) is 48.2 Å². The minimum atomic E-state index is -0.258. The number of amides is 1. The summed E-state index contributed by atoms with van der Waals surface area (Å²) in [5, 5.41) is 8.05. The van der Waals surface area contributed by atoms with Gasteiger partial charge >= 0.3 is 0 Å². The van der Waals surface area contributed by atoms with Gasteiger partial charge in [0.2, 0.25) is 11.0 Å². The molecule has 2 heterocycles. The molecular weight excluding hydrogens is 384 g/mol. The Morgan fingerprint density at radius 3 is 2.27 bits per heavy atom. The van der Waals surface area contributed by atoms with Crippen molar-refractivity contribution in [3.05, 3.63) is 48.5 Å². The van der Waals surface area contributed by atoms with Crippen LogP contribution in [0.15, 0.2) is 62.7 Å². The van der Waals surface area contributed by atoms with Gasteiger partial charge in [-0.1, -0.05) is 66.0 Å². The summed E-state index contributed by atoms with van der Waals surface area (Å²) in [6.45, 7) is 2.01. The number of anilines is 3. The first-order chi connectivity index (χ1) is 12.7. The summed E-state index contributed by atoms with van der Waals surface area (Å²) >= 11 is 4.43. The van der Waals surface area contributed by atoms with E-state index in [9.17, 15) is 4.79 Å². The molecule has 0 spiro atoms. The summed E-state index contributed by atoms with van der Waals surface area (Å²) in [5.74, 6) is 0.0477. The fraction of sp³-hybridized carbons (Fsp3) is 0.167. The molecule has 4 rings (SSSR count). The van der Waals surface area contributed by atoms with Gasteiger partial charge in [0.25, 0.3) is 0 Å². The zero-order valence-electron chi connectivity index (χ0n) is 14.0. The van der Waals surface area contributed by atoms with Gasteiger partial charge in [-0.3, -0.25) is 9.69 Å². The third-order valence-corrected chi connectivity index (χ3v) is 7.28. The largest absolute Gasteiger partial charge is 0.374 e. The molecule has 26 heavy (non-hydrogen) atoms. The lowest BCUT2D eigenvalue weighted by molar-refractivity contribution is -0.117. The van der Waals surface area contributed by atoms with Crippen LogP contribution in [0.3, 0.4) is 0 Å². The Kier molecular flexibility index (Phi) is 4.88. The van der Waals surface area contributed by atoms with Crippen molar-refractivity contribution in [2.24, 2.45) is 0 Å². The molecule has 2 N–H and O–H groups in total. The predicted molar refractivity (Wildman–Crippen MR) is 108 cm³/mol. The lowest BCUT2D eigenvalue weighted by Gasteiger charge is -2.33. The molecule has 2 aromatic carbocycles. The maximum atomic E-state index is 13.5. The Bertz CT molecular complexity index is 913. The lowest BCUT2D eigenvalue weighted by atomic mass is 10.2. The maximum absolute atomic E-state index is 13.5. The number of nitrogens with two attached hydrogens (primary N) is 1. The molecule has 132 valence electrons. The number of aromatic nitrogens is 2. The second-order valence-corrected chi connectivity index (χ2v) is 9.17. The number of hydrogen-bond acceptors (Lipinski definition) is 7. The van der Waals surface area contributed by atoms with E-state index in [1.165, 1.54) is 23.1 Å². The highest BCUT2D eigenvalue weighted by Gasteiger charge is 2.32. The number of carbonyl (C=O) groups is 1. The molecule has 0 radical (unpaired) electrons. The Morgan fingerprint density at radius 2 is 1.73 bits per heavy atom. The summed E-state index contributed by atoms with van der Waals surface area (Å²) in [6, 6.07) is 16.0. The highest BCUT2D eigenvalue weighted by Crippen LogP contribution is 2.48. The van der Waals surface area contributed by atoms with Crippen LogP contribution < -0.4 is 10.6 Å². The number of carbonyl (C=O) groups excluding carboxylic acids is 1. The Balaban J connectivity index is 1.72. The molecule has 1 aliphatic heterocycles. The first-order valence-electron chi connectivity index (χ1n) is 8.13. The van der Waals surface area contributed by atoms with Crippen LogP contribution in [-0.4, -0.2) is 21.4 Å². The third kappa shape index (κ3) is 3.20. The molecule has 5 nitrogen and oxygen atoms in total. The van der Waals surface area contributed by atoms with Crippen LogP contribution >= 0.6 is 34.9 Å². The van der Waals surface area contributed by atoms with Crippen LogP contribution in [0.25, 0.3) is 0 Å².